The van der Waals surface area contributed by atoms with E-state index in [4.69, 9.17) is 5.73 Å². The molecule has 1 saturated heterocycles. The van der Waals surface area contributed by atoms with Crippen molar-refractivity contribution >= 4 is 9.84 Å². The van der Waals surface area contributed by atoms with Gasteiger partial charge < -0.3 is 5.73 Å². The van der Waals surface area contributed by atoms with Crippen molar-refractivity contribution < 1.29 is 8.42 Å². The van der Waals surface area contributed by atoms with Crippen molar-refractivity contribution in [3.05, 3.63) is 0 Å². The molecule has 1 unspecified atom stereocenters. The Labute approximate surface area is 105 Å². The monoisotopic (exact) mass is 262 g/mol. The molecule has 0 bridgehead atoms. The van der Waals surface area contributed by atoms with E-state index in [-0.39, 0.29) is 17.0 Å². The van der Waals surface area contributed by atoms with Crippen molar-refractivity contribution in [3.63, 3.8) is 0 Å². The van der Waals surface area contributed by atoms with Crippen LogP contribution in [0.1, 0.15) is 33.1 Å². The summed E-state index contributed by atoms with van der Waals surface area (Å²) in [6.07, 6.45) is 2.50. The molecule has 0 amide bonds. The summed E-state index contributed by atoms with van der Waals surface area (Å²) in [5.74, 6) is 1.20. The summed E-state index contributed by atoms with van der Waals surface area (Å²) in [4.78, 5) is 2.29. The smallest absolute Gasteiger partial charge is 0.150 e. The Morgan fingerprint density at radius 3 is 2.29 bits per heavy atom. The molecule has 0 spiro atoms. The lowest BCUT2D eigenvalue weighted by atomic mass is 9.89. The lowest BCUT2D eigenvalue weighted by Gasteiger charge is -2.44. The minimum absolute atomic E-state index is 0.102. The summed E-state index contributed by atoms with van der Waals surface area (Å²) in [6.45, 7) is 5.95. The molecule has 102 valence electrons. The van der Waals surface area contributed by atoms with Gasteiger partial charge in [-0.05, 0) is 25.8 Å². The van der Waals surface area contributed by atoms with Crippen LogP contribution in [0.25, 0.3) is 0 Å². The highest BCUT2D eigenvalue weighted by Gasteiger charge is 2.39. The third kappa shape index (κ3) is 3.66. The topological polar surface area (TPSA) is 63.4 Å². The fraction of sp³-hybridized carbons (Fsp3) is 1.00. The number of sulfone groups is 1. The Balaban J connectivity index is 2.70. The molecule has 1 heterocycles. The molecule has 1 atom stereocenters. The summed E-state index contributed by atoms with van der Waals surface area (Å²) in [7, 11) is -0.733. The molecule has 4 nitrogen and oxygen atoms in total. The fourth-order valence-electron chi connectivity index (χ4n) is 2.45. The maximum atomic E-state index is 11.5. The molecule has 17 heavy (non-hydrogen) atoms. The Hall–Kier alpha value is -0.130. The van der Waals surface area contributed by atoms with Crippen molar-refractivity contribution in [3.8, 4) is 0 Å². The van der Waals surface area contributed by atoms with E-state index in [0.717, 1.165) is 13.0 Å². The summed E-state index contributed by atoms with van der Waals surface area (Å²) in [5, 5.41) is 0. The molecular formula is C12H26N2O2S. The summed E-state index contributed by atoms with van der Waals surface area (Å²) >= 11 is 0. The molecule has 0 aromatic rings. The van der Waals surface area contributed by atoms with Gasteiger partial charge in [0.1, 0.15) is 9.84 Å². The average Bonchev–Trinajstić information content (AvgIpc) is 2.29. The van der Waals surface area contributed by atoms with Crippen molar-refractivity contribution in [2.24, 2.45) is 11.7 Å². The molecule has 1 fully saturated rings. The first-order valence-electron chi connectivity index (χ1n) is 6.47. The Morgan fingerprint density at radius 2 is 1.88 bits per heavy atom. The summed E-state index contributed by atoms with van der Waals surface area (Å²) in [5.41, 5.74) is 5.81. The Bertz CT molecular complexity index is 326. The van der Waals surface area contributed by atoms with Crippen LogP contribution in [0.3, 0.4) is 0 Å². The SMILES string of the molecule is CCC(C)CN(C)C1(CN)CCS(=O)(=O)CC1. The van der Waals surface area contributed by atoms with Gasteiger partial charge in [-0.25, -0.2) is 8.42 Å². The van der Waals surface area contributed by atoms with Gasteiger partial charge in [-0.15, -0.1) is 0 Å². The highest BCUT2D eigenvalue weighted by Crippen LogP contribution is 2.29. The molecule has 0 radical (unpaired) electrons. The van der Waals surface area contributed by atoms with Crippen LogP contribution >= 0.6 is 0 Å². The predicted molar refractivity (Wildman–Crippen MR) is 71.8 cm³/mol. The normalized spacial score (nSPS) is 24.8. The van der Waals surface area contributed by atoms with Crippen LogP contribution in [-0.2, 0) is 9.84 Å². The van der Waals surface area contributed by atoms with Gasteiger partial charge in [-0.2, -0.15) is 0 Å². The van der Waals surface area contributed by atoms with Crippen molar-refractivity contribution in [1.82, 2.24) is 4.90 Å². The molecule has 0 saturated carbocycles. The molecule has 0 aromatic heterocycles. The Morgan fingerprint density at radius 1 is 1.35 bits per heavy atom. The van der Waals surface area contributed by atoms with Crippen LogP contribution in [-0.4, -0.2) is 50.5 Å². The first-order valence-corrected chi connectivity index (χ1v) is 8.29. The van der Waals surface area contributed by atoms with Crippen molar-refractivity contribution in [2.75, 3.05) is 31.6 Å². The quantitative estimate of drug-likeness (QED) is 0.798. The second-order valence-corrected chi connectivity index (χ2v) is 7.78. The van der Waals surface area contributed by atoms with Crippen molar-refractivity contribution in [2.45, 2.75) is 38.6 Å². The zero-order valence-corrected chi connectivity index (χ0v) is 12.1. The average molecular weight is 262 g/mol. The number of nitrogens with zero attached hydrogens (tertiary/aromatic N) is 1. The van der Waals surface area contributed by atoms with E-state index in [1.165, 1.54) is 0 Å². The maximum absolute atomic E-state index is 11.5. The lowest BCUT2D eigenvalue weighted by molar-refractivity contribution is 0.0964. The minimum atomic E-state index is -2.81. The van der Waals surface area contributed by atoms with E-state index in [1.807, 2.05) is 0 Å². The van der Waals surface area contributed by atoms with Crippen LogP contribution in [0.5, 0.6) is 0 Å². The Kier molecular flexibility index (Phi) is 4.98. The van der Waals surface area contributed by atoms with Crippen LogP contribution < -0.4 is 5.73 Å². The number of hydrogen-bond donors (Lipinski definition) is 1. The molecule has 0 aromatic carbocycles. The third-order valence-corrected chi connectivity index (χ3v) is 5.88. The van der Waals surface area contributed by atoms with E-state index in [0.29, 0.717) is 25.3 Å². The fourth-order valence-corrected chi connectivity index (χ4v) is 4.04. The second kappa shape index (κ2) is 5.67. The second-order valence-electron chi connectivity index (χ2n) is 5.47. The first kappa shape index (κ1) is 14.9. The molecule has 1 rings (SSSR count). The molecule has 1 aliphatic rings. The molecule has 2 N–H and O–H groups in total. The number of nitrogens with two attached hydrogens (primary N) is 1. The molecule has 5 heteroatoms. The van der Waals surface area contributed by atoms with Gasteiger partial charge in [-0.3, -0.25) is 4.90 Å². The largest absolute Gasteiger partial charge is 0.329 e. The zero-order chi connectivity index (χ0) is 13.1. The van der Waals surface area contributed by atoms with Crippen molar-refractivity contribution in [1.29, 1.82) is 0 Å². The number of hydrogen-bond acceptors (Lipinski definition) is 4. The zero-order valence-electron chi connectivity index (χ0n) is 11.3. The molecule has 1 aliphatic heterocycles. The van der Waals surface area contributed by atoms with E-state index in [9.17, 15) is 8.42 Å². The summed E-state index contributed by atoms with van der Waals surface area (Å²) < 4.78 is 23.0. The minimum Gasteiger partial charge on any atom is -0.329 e. The van der Waals surface area contributed by atoms with E-state index in [2.05, 4.69) is 25.8 Å². The van der Waals surface area contributed by atoms with Gasteiger partial charge in [0.05, 0.1) is 11.5 Å². The van der Waals surface area contributed by atoms with Gasteiger partial charge in [0, 0.05) is 18.6 Å². The van der Waals surface area contributed by atoms with E-state index >= 15 is 0 Å². The third-order valence-electron chi connectivity index (χ3n) is 4.23. The maximum Gasteiger partial charge on any atom is 0.150 e. The lowest BCUT2D eigenvalue weighted by Crippen LogP contribution is -2.57. The van der Waals surface area contributed by atoms with Gasteiger partial charge in [0.15, 0.2) is 0 Å². The van der Waals surface area contributed by atoms with Crippen LogP contribution in [0.15, 0.2) is 0 Å². The predicted octanol–water partition coefficient (Wildman–Crippen LogP) is 0.870. The van der Waals surface area contributed by atoms with E-state index in [1.54, 1.807) is 0 Å². The highest BCUT2D eigenvalue weighted by molar-refractivity contribution is 7.91. The van der Waals surface area contributed by atoms with E-state index < -0.39 is 9.84 Å². The highest BCUT2D eigenvalue weighted by atomic mass is 32.2. The van der Waals surface area contributed by atoms with Gasteiger partial charge in [-0.1, -0.05) is 20.3 Å². The van der Waals surface area contributed by atoms with Gasteiger partial charge >= 0.3 is 0 Å². The number of rotatable bonds is 5. The van der Waals surface area contributed by atoms with Crippen LogP contribution in [0.4, 0.5) is 0 Å². The van der Waals surface area contributed by atoms with Crippen LogP contribution in [0, 0.1) is 5.92 Å². The first-order chi connectivity index (χ1) is 7.85. The van der Waals surface area contributed by atoms with Gasteiger partial charge in [0.2, 0.25) is 0 Å². The standard InChI is InChI=1S/C12H26N2O2S/c1-4-11(2)9-14(3)12(10-13)5-7-17(15,16)8-6-12/h11H,4-10,13H2,1-3H3. The van der Waals surface area contributed by atoms with Crippen LogP contribution in [0.2, 0.25) is 0 Å². The van der Waals surface area contributed by atoms with Gasteiger partial charge in [0.25, 0.3) is 0 Å². The summed E-state index contributed by atoms with van der Waals surface area (Å²) in [6, 6.07) is 0. The molecular weight excluding hydrogens is 236 g/mol. The number of likely N-dealkylation sites (N-methyl/N-ethyl adjacent to an activating group) is 1. The molecule has 0 aliphatic carbocycles.